The molecule has 4 heteroatoms. The second-order valence-corrected chi connectivity index (χ2v) is 7.64. The molecule has 0 aliphatic carbocycles. The molecule has 0 aliphatic heterocycles. The maximum Gasteiger partial charge on any atom is 0.268 e. The summed E-state index contributed by atoms with van der Waals surface area (Å²) >= 11 is 1.68. The lowest BCUT2D eigenvalue weighted by Gasteiger charge is -2.16. The Labute approximate surface area is 163 Å². The summed E-state index contributed by atoms with van der Waals surface area (Å²) in [5.41, 5.74) is 4.25. The summed E-state index contributed by atoms with van der Waals surface area (Å²) in [6, 6.07) is 24.5. The fourth-order valence-corrected chi connectivity index (χ4v) is 4.21. The molecule has 0 spiro atoms. The van der Waals surface area contributed by atoms with Gasteiger partial charge in [0.2, 0.25) is 0 Å². The number of thiophene rings is 1. The number of hydrogen-bond acceptors (Lipinski definition) is 2. The van der Waals surface area contributed by atoms with E-state index in [1.54, 1.807) is 11.3 Å². The number of fused-ring (bicyclic) bond motifs is 1. The number of hydrogen-bond donors (Lipinski definition) is 1. The first kappa shape index (κ1) is 17.6. The quantitative estimate of drug-likeness (QED) is 0.479. The summed E-state index contributed by atoms with van der Waals surface area (Å²) < 4.78 is 3.30. The first-order chi connectivity index (χ1) is 13.2. The van der Waals surface area contributed by atoms with Crippen LogP contribution in [0, 0.1) is 0 Å². The van der Waals surface area contributed by atoms with Gasteiger partial charge in [-0.1, -0.05) is 60.7 Å². The SMILES string of the molecule is CC(NC(=O)c1cc2sccc2n1CCc1ccccc1)c1ccccc1. The summed E-state index contributed by atoms with van der Waals surface area (Å²) in [4.78, 5) is 13.0. The second kappa shape index (κ2) is 7.80. The fraction of sp³-hybridized carbons (Fsp3) is 0.174. The van der Waals surface area contributed by atoms with Crippen molar-refractivity contribution in [1.82, 2.24) is 9.88 Å². The molecule has 0 saturated carbocycles. The van der Waals surface area contributed by atoms with Crippen LogP contribution in [0.25, 0.3) is 10.2 Å². The van der Waals surface area contributed by atoms with E-state index in [-0.39, 0.29) is 11.9 Å². The summed E-state index contributed by atoms with van der Waals surface area (Å²) in [6.45, 7) is 2.81. The van der Waals surface area contributed by atoms with Crippen LogP contribution >= 0.6 is 11.3 Å². The number of amides is 1. The minimum atomic E-state index is -0.0331. The van der Waals surface area contributed by atoms with Gasteiger partial charge in [-0.15, -0.1) is 11.3 Å². The van der Waals surface area contributed by atoms with Crippen LogP contribution in [0.4, 0.5) is 0 Å². The van der Waals surface area contributed by atoms with Gasteiger partial charge in [0.05, 0.1) is 16.3 Å². The average Bonchev–Trinajstić information content (AvgIpc) is 3.29. The van der Waals surface area contributed by atoms with E-state index in [2.05, 4.69) is 45.6 Å². The molecule has 0 fully saturated rings. The predicted octanol–water partition coefficient (Wildman–Crippen LogP) is 5.44. The number of aromatic nitrogens is 1. The van der Waals surface area contributed by atoms with Gasteiger partial charge in [-0.2, -0.15) is 0 Å². The fourth-order valence-electron chi connectivity index (χ4n) is 3.39. The lowest BCUT2D eigenvalue weighted by Crippen LogP contribution is -2.28. The highest BCUT2D eigenvalue weighted by atomic mass is 32.1. The maximum absolute atomic E-state index is 13.0. The van der Waals surface area contributed by atoms with Crippen molar-refractivity contribution in [3.8, 4) is 0 Å². The lowest BCUT2D eigenvalue weighted by atomic mass is 10.1. The van der Waals surface area contributed by atoms with E-state index in [0.29, 0.717) is 0 Å². The summed E-state index contributed by atoms with van der Waals surface area (Å²) in [5.74, 6) is -0.0252. The molecule has 4 aromatic rings. The number of carbonyl (C=O) groups is 1. The Morgan fingerprint density at radius 3 is 2.48 bits per heavy atom. The van der Waals surface area contributed by atoms with Gasteiger partial charge in [0, 0.05) is 6.54 Å². The molecule has 3 nitrogen and oxygen atoms in total. The third-order valence-electron chi connectivity index (χ3n) is 4.87. The molecule has 1 atom stereocenters. The monoisotopic (exact) mass is 374 g/mol. The first-order valence-electron chi connectivity index (χ1n) is 9.19. The lowest BCUT2D eigenvalue weighted by molar-refractivity contribution is 0.0931. The summed E-state index contributed by atoms with van der Waals surface area (Å²) in [6.07, 6.45) is 0.898. The number of benzene rings is 2. The second-order valence-electron chi connectivity index (χ2n) is 6.69. The molecule has 1 unspecified atom stereocenters. The van der Waals surface area contributed by atoms with Crippen molar-refractivity contribution in [2.45, 2.75) is 25.9 Å². The molecule has 1 N–H and O–H groups in total. The molecule has 0 radical (unpaired) electrons. The van der Waals surface area contributed by atoms with Crippen LogP contribution in [0.15, 0.2) is 78.2 Å². The van der Waals surface area contributed by atoms with E-state index in [4.69, 9.17) is 0 Å². The summed E-state index contributed by atoms with van der Waals surface area (Å²) in [7, 11) is 0. The largest absolute Gasteiger partial charge is 0.344 e. The minimum Gasteiger partial charge on any atom is -0.344 e. The molecule has 27 heavy (non-hydrogen) atoms. The molecule has 0 bridgehead atoms. The molecule has 1 amide bonds. The van der Waals surface area contributed by atoms with Crippen molar-refractivity contribution >= 4 is 27.5 Å². The molecular formula is C23H22N2OS. The Bertz CT molecular complexity index is 1030. The van der Waals surface area contributed by atoms with Crippen LogP contribution in [-0.4, -0.2) is 10.5 Å². The minimum absolute atomic E-state index is 0.0252. The topological polar surface area (TPSA) is 34.0 Å². The van der Waals surface area contributed by atoms with Gasteiger partial charge < -0.3 is 9.88 Å². The Morgan fingerprint density at radius 1 is 1.04 bits per heavy atom. The molecule has 2 aromatic heterocycles. The Morgan fingerprint density at radius 2 is 1.74 bits per heavy atom. The molecule has 0 saturated heterocycles. The van der Waals surface area contributed by atoms with Crippen molar-refractivity contribution in [3.05, 3.63) is 95.0 Å². The molecular weight excluding hydrogens is 352 g/mol. The van der Waals surface area contributed by atoms with Crippen LogP contribution in [0.2, 0.25) is 0 Å². The zero-order chi connectivity index (χ0) is 18.6. The van der Waals surface area contributed by atoms with Crippen molar-refractivity contribution in [1.29, 1.82) is 0 Å². The van der Waals surface area contributed by atoms with Crippen molar-refractivity contribution in [3.63, 3.8) is 0 Å². The van der Waals surface area contributed by atoms with Crippen LogP contribution in [-0.2, 0) is 13.0 Å². The van der Waals surface area contributed by atoms with Gasteiger partial charge in [-0.25, -0.2) is 0 Å². The number of nitrogens with one attached hydrogen (secondary N) is 1. The van der Waals surface area contributed by atoms with E-state index >= 15 is 0 Å². The highest BCUT2D eigenvalue weighted by Gasteiger charge is 2.18. The average molecular weight is 375 g/mol. The smallest absolute Gasteiger partial charge is 0.268 e. The van der Waals surface area contributed by atoms with E-state index in [9.17, 15) is 4.79 Å². The van der Waals surface area contributed by atoms with Crippen molar-refractivity contribution in [2.24, 2.45) is 0 Å². The van der Waals surface area contributed by atoms with Gasteiger partial charge in [0.1, 0.15) is 5.69 Å². The maximum atomic E-state index is 13.0. The number of carbonyl (C=O) groups excluding carboxylic acids is 1. The summed E-state index contributed by atoms with van der Waals surface area (Å²) in [5, 5.41) is 5.23. The van der Waals surface area contributed by atoms with E-state index < -0.39 is 0 Å². The Balaban J connectivity index is 1.57. The van der Waals surface area contributed by atoms with Gasteiger partial charge >= 0.3 is 0 Å². The van der Waals surface area contributed by atoms with Gasteiger partial charge in [0.25, 0.3) is 5.91 Å². The molecule has 2 heterocycles. The zero-order valence-electron chi connectivity index (χ0n) is 15.3. The third kappa shape index (κ3) is 3.81. The van der Waals surface area contributed by atoms with Crippen LogP contribution in [0.5, 0.6) is 0 Å². The normalized spacial score (nSPS) is 12.2. The highest BCUT2D eigenvalue weighted by Crippen LogP contribution is 2.26. The molecule has 0 aliphatic rings. The Hall–Kier alpha value is -2.85. The number of aryl methyl sites for hydroxylation is 2. The van der Waals surface area contributed by atoms with Gasteiger partial charge in [0.15, 0.2) is 0 Å². The van der Waals surface area contributed by atoms with Crippen LogP contribution in [0.1, 0.15) is 34.6 Å². The Kier molecular flexibility index (Phi) is 5.07. The standard InChI is InChI=1S/C23H22N2OS/c1-17(19-10-6-3-7-11-19)24-23(26)21-16-22-20(13-15-27-22)25(21)14-12-18-8-4-2-5-9-18/h2-11,13,15-17H,12,14H2,1H3,(H,24,26). The molecule has 4 rings (SSSR count). The molecule has 2 aromatic carbocycles. The van der Waals surface area contributed by atoms with Crippen molar-refractivity contribution in [2.75, 3.05) is 0 Å². The van der Waals surface area contributed by atoms with Crippen LogP contribution < -0.4 is 5.32 Å². The number of nitrogens with zero attached hydrogens (tertiary/aromatic N) is 1. The zero-order valence-corrected chi connectivity index (χ0v) is 16.1. The molecule has 136 valence electrons. The first-order valence-corrected chi connectivity index (χ1v) is 10.1. The van der Waals surface area contributed by atoms with Crippen LogP contribution in [0.3, 0.4) is 0 Å². The third-order valence-corrected chi connectivity index (χ3v) is 5.72. The van der Waals surface area contributed by atoms with E-state index in [1.165, 1.54) is 5.56 Å². The predicted molar refractivity (Wildman–Crippen MR) is 112 cm³/mol. The van der Waals surface area contributed by atoms with E-state index in [0.717, 1.165) is 34.4 Å². The highest BCUT2D eigenvalue weighted by molar-refractivity contribution is 7.17. The van der Waals surface area contributed by atoms with Crippen molar-refractivity contribution < 1.29 is 4.79 Å². The number of rotatable bonds is 6. The van der Waals surface area contributed by atoms with E-state index in [1.807, 2.05) is 49.4 Å². The van der Waals surface area contributed by atoms with Gasteiger partial charge in [-0.05, 0) is 42.0 Å². The van der Waals surface area contributed by atoms with Gasteiger partial charge in [-0.3, -0.25) is 4.79 Å².